The average Bonchev–Trinajstić information content (AvgIpc) is 2.67. The van der Waals surface area contributed by atoms with E-state index in [9.17, 15) is 0 Å². The lowest BCUT2D eigenvalue weighted by molar-refractivity contribution is 0.204. The van der Waals surface area contributed by atoms with Crippen LogP contribution < -0.4 is 5.32 Å². The maximum Gasteiger partial charge on any atom is 0.0448 e. The summed E-state index contributed by atoms with van der Waals surface area (Å²) < 4.78 is 0. The normalized spacial score (nSPS) is 22.8. The summed E-state index contributed by atoms with van der Waals surface area (Å²) in [4.78, 5) is 0. The van der Waals surface area contributed by atoms with E-state index in [0.717, 1.165) is 6.42 Å². The van der Waals surface area contributed by atoms with Crippen LogP contribution in [0.2, 0.25) is 0 Å². The summed E-state index contributed by atoms with van der Waals surface area (Å²) >= 11 is 0. The molecular formula is C11H23NO. The highest BCUT2D eigenvalue weighted by Crippen LogP contribution is 2.48. The van der Waals surface area contributed by atoms with Crippen molar-refractivity contribution in [1.82, 2.24) is 5.32 Å². The van der Waals surface area contributed by atoms with Crippen LogP contribution in [0, 0.1) is 5.41 Å². The van der Waals surface area contributed by atoms with E-state index in [2.05, 4.69) is 33.0 Å². The second-order valence-corrected chi connectivity index (χ2v) is 5.38. The van der Waals surface area contributed by atoms with Crippen LogP contribution in [-0.2, 0) is 0 Å². The molecule has 0 aromatic rings. The van der Waals surface area contributed by atoms with Crippen molar-refractivity contribution >= 4 is 0 Å². The van der Waals surface area contributed by atoms with Crippen molar-refractivity contribution in [2.24, 2.45) is 5.41 Å². The second kappa shape index (κ2) is 3.58. The molecule has 1 saturated carbocycles. The molecule has 0 aliphatic heterocycles. The van der Waals surface area contributed by atoms with E-state index >= 15 is 0 Å². The van der Waals surface area contributed by atoms with Gasteiger partial charge in [0.2, 0.25) is 0 Å². The molecule has 1 aliphatic carbocycles. The smallest absolute Gasteiger partial charge is 0.0448 e. The molecule has 1 unspecified atom stereocenters. The van der Waals surface area contributed by atoms with Gasteiger partial charge in [0, 0.05) is 18.2 Å². The van der Waals surface area contributed by atoms with E-state index in [1.165, 1.54) is 12.8 Å². The van der Waals surface area contributed by atoms with Gasteiger partial charge in [0.05, 0.1) is 0 Å². The van der Waals surface area contributed by atoms with Crippen molar-refractivity contribution in [1.29, 1.82) is 0 Å². The zero-order valence-electron chi connectivity index (χ0n) is 9.35. The molecule has 78 valence electrons. The molecule has 0 radical (unpaired) electrons. The Balaban J connectivity index is 2.38. The molecule has 0 saturated heterocycles. The van der Waals surface area contributed by atoms with Gasteiger partial charge in [-0.3, -0.25) is 0 Å². The van der Waals surface area contributed by atoms with Crippen LogP contribution in [-0.4, -0.2) is 23.3 Å². The predicted molar refractivity (Wildman–Crippen MR) is 55.7 cm³/mol. The molecule has 0 heterocycles. The van der Waals surface area contributed by atoms with Gasteiger partial charge in [-0.1, -0.05) is 6.92 Å². The minimum Gasteiger partial charge on any atom is -0.396 e. The lowest BCUT2D eigenvalue weighted by atomic mass is 9.94. The van der Waals surface area contributed by atoms with Gasteiger partial charge < -0.3 is 10.4 Å². The Hall–Kier alpha value is -0.0800. The number of aliphatic hydroxyl groups excluding tert-OH is 1. The molecule has 2 nitrogen and oxygen atoms in total. The Morgan fingerprint density at radius 1 is 1.46 bits per heavy atom. The van der Waals surface area contributed by atoms with Crippen molar-refractivity contribution in [2.45, 2.75) is 58.5 Å². The molecule has 13 heavy (non-hydrogen) atoms. The topological polar surface area (TPSA) is 32.3 Å². The highest BCUT2D eigenvalue weighted by atomic mass is 16.3. The molecule has 2 N–H and O–H groups in total. The summed E-state index contributed by atoms with van der Waals surface area (Å²) in [6, 6.07) is 0.564. The number of hydrogen-bond donors (Lipinski definition) is 2. The average molecular weight is 185 g/mol. The fraction of sp³-hybridized carbons (Fsp3) is 1.00. The Bertz CT molecular complexity index is 173. The van der Waals surface area contributed by atoms with Gasteiger partial charge in [-0.05, 0) is 45.4 Å². The van der Waals surface area contributed by atoms with Gasteiger partial charge in [0.15, 0.2) is 0 Å². The minimum atomic E-state index is 0.0692. The van der Waals surface area contributed by atoms with Crippen LogP contribution in [0.5, 0.6) is 0 Å². The van der Waals surface area contributed by atoms with Crippen molar-refractivity contribution in [3.63, 3.8) is 0 Å². The first-order valence-corrected chi connectivity index (χ1v) is 5.28. The van der Waals surface area contributed by atoms with Gasteiger partial charge in [0.1, 0.15) is 0 Å². The first kappa shape index (κ1) is 11.0. The fourth-order valence-corrected chi connectivity index (χ4v) is 1.74. The van der Waals surface area contributed by atoms with Gasteiger partial charge in [-0.15, -0.1) is 0 Å². The lowest BCUT2D eigenvalue weighted by Gasteiger charge is -2.33. The van der Waals surface area contributed by atoms with Gasteiger partial charge >= 0.3 is 0 Å². The summed E-state index contributed by atoms with van der Waals surface area (Å²) in [6.07, 6.45) is 3.51. The number of aliphatic hydroxyl groups is 1. The quantitative estimate of drug-likeness (QED) is 0.686. The van der Waals surface area contributed by atoms with Crippen molar-refractivity contribution in [3.8, 4) is 0 Å². The number of rotatable bonds is 5. The third-order valence-corrected chi connectivity index (χ3v) is 3.43. The first-order valence-electron chi connectivity index (χ1n) is 5.28. The molecule has 1 fully saturated rings. The van der Waals surface area contributed by atoms with E-state index in [0.29, 0.717) is 11.5 Å². The van der Waals surface area contributed by atoms with Crippen LogP contribution in [0.4, 0.5) is 0 Å². The molecule has 0 aromatic heterocycles. The Labute approximate surface area is 81.7 Å². The largest absolute Gasteiger partial charge is 0.396 e. The van der Waals surface area contributed by atoms with E-state index in [-0.39, 0.29) is 12.1 Å². The minimum absolute atomic E-state index is 0.0692. The van der Waals surface area contributed by atoms with Gasteiger partial charge in [-0.25, -0.2) is 0 Å². The van der Waals surface area contributed by atoms with Crippen molar-refractivity contribution < 1.29 is 5.11 Å². The highest BCUT2D eigenvalue weighted by Gasteiger charge is 2.43. The molecule has 0 bridgehead atoms. The third kappa shape index (κ3) is 2.96. The third-order valence-electron chi connectivity index (χ3n) is 3.43. The van der Waals surface area contributed by atoms with Crippen LogP contribution >= 0.6 is 0 Å². The van der Waals surface area contributed by atoms with Crippen molar-refractivity contribution in [3.05, 3.63) is 0 Å². The summed E-state index contributed by atoms with van der Waals surface area (Å²) in [7, 11) is 0. The van der Waals surface area contributed by atoms with Gasteiger partial charge in [-0.2, -0.15) is 0 Å². The van der Waals surface area contributed by atoms with Crippen molar-refractivity contribution in [2.75, 3.05) is 6.61 Å². The van der Waals surface area contributed by atoms with Crippen LogP contribution in [0.1, 0.15) is 47.0 Å². The maximum absolute atomic E-state index is 8.89. The molecule has 0 aromatic carbocycles. The van der Waals surface area contributed by atoms with E-state index in [4.69, 9.17) is 5.11 Å². The van der Waals surface area contributed by atoms with Crippen LogP contribution in [0.15, 0.2) is 0 Å². The summed E-state index contributed by atoms with van der Waals surface area (Å²) in [5, 5.41) is 12.5. The molecular weight excluding hydrogens is 162 g/mol. The Morgan fingerprint density at radius 3 is 2.38 bits per heavy atom. The van der Waals surface area contributed by atoms with Gasteiger partial charge in [0.25, 0.3) is 0 Å². The zero-order valence-corrected chi connectivity index (χ0v) is 9.35. The van der Waals surface area contributed by atoms with Crippen LogP contribution in [0.25, 0.3) is 0 Å². The molecule has 1 rings (SSSR count). The van der Waals surface area contributed by atoms with Crippen LogP contribution in [0.3, 0.4) is 0 Å². The van der Waals surface area contributed by atoms with E-state index in [1.54, 1.807) is 0 Å². The number of nitrogens with one attached hydrogen (secondary N) is 1. The molecule has 0 amide bonds. The maximum atomic E-state index is 8.89. The molecule has 1 aliphatic rings. The first-order chi connectivity index (χ1) is 5.90. The second-order valence-electron chi connectivity index (χ2n) is 5.38. The summed E-state index contributed by atoms with van der Waals surface area (Å²) in [5.74, 6) is 0. The standard InChI is InChI=1S/C11H23NO/c1-9(11(4)5-6-11)12-10(2,3)7-8-13/h9,12-13H,5-8H2,1-4H3. The SMILES string of the molecule is CC(NC(C)(C)CCO)C1(C)CC1. The Kier molecular flexibility index (Phi) is 3.03. The molecule has 1 atom stereocenters. The van der Waals surface area contributed by atoms with E-state index in [1.807, 2.05) is 0 Å². The Morgan fingerprint density at radius 2 is 2.00 bits per heavy atom. The zero-order chi connectivity index (χ0) is 10.1. The molecule has 0 spiro atoms. The fourth-order valence-electron chi connectivity index (χ4n) is 1.74. The monoisotopic (exact) mass is 185 g/mol. The summed E-state index contributed by atoms with van der Waals surface area (Å²) in [6.45, 7) is 9.17. The lowest BCUT2D eigenvalue weighted by Crippen LogP contribution is -2.48. The van der Waals surface area contributed by atoms with E-state index < -0.39 is 0 Å². The highest BCUT2D eigenvalue weighted by molar-refractivity contribution is 4.99. The molecule has 2 heteroatoms. The summed E-state index contributed by atoms with van der Waals surface area (Å²) in [5.41, 5.74) is 0.590. The number of hydrogen-bond acceptors (Lipinski definition) is 2. The predicted octanol–water partition coefficient (Wildman–Crippen LogP) is 1.93.